The molecular weight excluding hydrogens is 268 g/mol. The molecule has 21 heavy (non-hydrogen) atoms. The topological polar surface area (TPSA) is 75.8 Å². The smallest absolute Gasteiger partial charge is 0.338 e. The summed E-state index contributed by atoms with van der Waals surface area (Å²) in [5.41, 5.74) is 8.20. The van der Waals surface area contributed by atoms with E-state index >= 15 is 0 Å². The Morgan fingerprint density at radius 1 is 1.52 bits per heavy atom. The normalized spacial score (nSPS) is 18.0. The lowest BCUT2D eigenvalue weighted by molar-refractivity contribution is 0.0526. The first-order chi connectivity index (χ1) is 10.2. The van der Waals surface area contributed by atoms with Gasteiger partial charge in [-0.05, 0) is 50.8 Å². The number of rotatable bonds is 6. The lowest BCUT2D eigenvalue weighted by Crippen LogP contribution is -2.30. The van der Waals surface area contributed by atoms with E-state index in [2.05, 4.69) is 4.90 Å². The molecule has 0 radical (unpaired) electrons. The molecule has 0 saturated carbocycles. The highest BCUT2D eigenvalue weighted by atomic mass is 16.5. The molecule has 0 aromatic heterocycles. The Kier molecular flexibility index (Phi) is 5.44. The van der Waals surface area contributed by atoms with Crippen LogP contribution in [0.2, 0.25) is 0 Å². The highest BCUT2D eigenvalue weighted by Crippen LogP contribution is 2.32. The molecule has 0 bridgehead atoms. The largest absolute Gasteiger partial charge is 0.462 e. The molecule has 1 aromatic rings. The van der Waals surface area contributed by atoms with Crippen molar-refractivity contribution < 1.29 is 14.6 Å². The SMILES string of the molecule is CCOC(=O)c1ccc(N2CCCC2CCCO)c(N)c1. The third kappa shape index (κ3) is 3.67. The summed E-state index contributed by atoms with van der Waals surface area (Å²) in [5, 5.41) is 8.99. The molecule has 5 nitrogen and oxygen atoms in total. The van der Waals surface area contributed by atoms with Gasteiger partial charge in [0, 0.05) is 19.2 Å². The van der Waals surface area contributed by atoms with Crippen LogP contribution in [0.5, 0.6) is 0 Å². The number of nitrogens with two attached hydrogens (primary N) is 1. The Morgan fingerprint density at radius 3 is 3.00 bits per heavy atom. The van der Waals surface area contributed by atoms with Crippen molar-refractivity contribution in [3.05, 3.63) is 23.8 Å². The van der Waals surface area contributed by atoms with Gasteiger partial charge >= 0.3 is 5.97 Å². The van der Waals surface area contributed by atoms with E-state index in [1.54, 1.807) is 19.1 Å². The number of ether oxygens (including phenoxy) is 1. The fraction of sp³-hybridized carbons (Fsp3) is 0.562. The summed E-state index contributed by atoms with van der Waals surface area (Å²) in [6.07, 6.45) is 4.03. The molecule has 2 rings (SSSR count). The van der Waals surface area contributed by atoms with Gasteiger partial charge in [-0.25, -0.2) is 4.79 Å². The third-order valence-electron chi connectivity index (χ3n) is 3.92. The summed E-state index contributed by atoms with van der Waals surface area (Å²) >= 11 is 0. The third-order valence-corrected chi connectivity index (χ3v) is 3.92. The summed E-state index contributed by atoms with van der Waals surface area (Å²) in [7, 11) is 0. The number of carbonyl (C=O) groups is 1. The van der Waals surface area contributed by atoms with Crippen molar-refractivity contribution in [1.82, 2.24) is 0 Å². The average Bonchev–Trinajstić information content (AvgIpc) is 2.93. The van der Waals surface area contributed by atoms with Crippen molar-refractivity contribution in [2.75, 3.05) is 30.4 Å². The minimum absolute atomic E-state index is 0.224. The van der Waals surface area contributed by atoms with Crippen molar-refractivity contribution in [1.29, 1.82) is 0 Å². The zero-order valence-electron chi connectivity index (χ0n) is 12.5. The molecule has 1 aromatic carbocycles. The van der Waals surface area contributed by atoms with E-state index in [-0.39, 0.29) is 12.6 Å². The quantitative estimate of drug-likeness (QED) is 0.621. The molecule has 1 atom stereocenters. The van der Waals surface area contributed by atoms with Crippen molar-refractivity contribution in [3.8, 4) is 0 Å². The number of benzene rings is 1. The van der Waals surface area contributed by atoms with Gasteiger partial charge in [0.25, 0.3) is 0 Å². The standard InChI is InChI=1S/C16H24N2O3/c1-2-21-16(20)12-7-8-15(14(17)11-12)18-9-3-5-13(18)6-4-10-19/h7-8,11,13,19H,2-6,9-10,17H2,1H3. The monoisotopic (exact) mass is 292 g/mol. The second kappa shape index (κ2) is 7.31. The summed E-state index contributed by atoms with van der Waals surface area (Å²) < 4.78 is 4.99. The summed E-state index contributed by atoms with van der Waals surface area (Å²) in [6, 6.07) is 5.78. The van der Waals surface area contributed by atoms with E-state index in [0.717, 1.165) is 37.9 Å². The van der Waals surface area contributed by atoms with Crippen LogP contribution in [0.1, 0.15) is 43.0 Å². The number of hydrogen-bond acceptors (Lipinski definition) is 5. The molecule has 0 amide bonds. The number of aliphatic hydroxyl groups is 1. The van der Waals surface area contributed by atoms with Crippen molar-refractivity contribution in [2.24, 2.45) is 0 Å². The summed E-state index contributed by atoms with van der Waals surface area (Å²) in [6.45, 7) is 3.34. The first kappa shape index (κ1) is 15.6. The van der Waals surface area contributed by atoms with E-state index in [1.807, 2.05) is 6.07 Å². The number of aliphatic hydroxyl groups excluding tert-OH is 1. The Morgan fingerprint density at radius 2 is 2.33 bits per heavy atom. The van der Waals surface area contributed by atoms with E-state index in [4.69, 9.17) is 15.6 Å². The Bertz CT molecular complexity index is 490. The van der Waals surface area contributed by atoms with E-state index in [9.17, 15) is 4.79 Å². The van der Waals surface area contributed by atoms with Crippen LogP contribution >= 0.6 is 0 Å². The van der Waals surface area contributed by atoms with E-state index in [0.29, 0.717) is 23.9 Å². The molecule has 0 aliphatic carbocycles. The first-order valence-electron chi connectivity index (χ1n) is 7.61. The van der Waals surface area contributed by atoms with Crippen LogP contribution in [-0.2, 0) is 4.74 Å². The summed E-state index contributed by atoms with van der Waals surface area (Å²) in [5.74, 6) is -0.339. The maximum atomic E-state index is 11.7. The maximum absolute atomic E-state index is 11.7. The molecule has 1 saturated heterocycles. The van der Waals surface area contributed by atoms with Gasteiger partial charge in [-0.2, -0.15) is 0 Å². The predicted molar refractivity (Wildman–Crippen MR) is 83.5 cm³/mol. The van der Waals surface area contributed by atoms with Crippen LogP contribution in [0.25, 0.3) is 0 Å². The van der Waals surface area contributed by atoms with E-state index < -0.39 is 0 Å². The van der Waals surface area contributed by atoms with Gasteiger partial charge in [0.15, 0.2) is 0 Å². The molecule has 1 fully saturated rings. The molecule has 1 aliphatic heterocycles. The average molecular weight is 292 g/mol. The van der Waals surface area contributed by atoms with Crippen LogP contribution < -0.4 is 10.6 Å². The van der Waals surface area contributed by atoms with Crippen LogP contribution in [0, 0.1) is 0 Å². The molecule has 1 unspecified atom stereocenters. The molecule has 116 valence electrons. The first-order valence-corrected chi connectivity index (χ1v) is 7.61. The minimum atomic E-state index is -0.339. The minimum Gasteiger partial charge on any atom is -0.462 e. The lowest BCUT2D eigenvalue weighted by Gasteiger charge is -2.28. The Hall–Kier alpha value is -1.75. The number of esters is 1. The number of hydrogen-bond donors (Lipinski definition) is 2. The number of nitrogen functional groups attached to an aromatic ring is 1. The van der Waals surface area contributed by atoms with Gasteiger partial charge in [-0.1, -0.05) is 0 Å². The molecule has 5 heteroatoms. The zero-order chi connectivity index (χ0) is 15.2. The zero-order valence-corrected chi connectivity index (χ0v) is 12.5. The maximum Gasteiger partial charge on any atom is 0.338 e. The van der Waals surface area contributed by atoms with Gasteiger partial charge in [0.1, 0.15) is 0 Å². The fourth-order valence-corrected chi connectivity index (χ4v) is 2.94. The molecule has 3 N–H and O–H groups in total. The number of nitrogens with zero attached hydrogens (tertiary/aromatic N) is 1. The van der Waals surface area contributed by atoms with Crippen LogP contribution in [0.4, 0.5) is 11.4 Å². The molecule has 1 heterocycles. The number of anilines is 2. The van der Waals surface area contributed by atoms with Crippen LogP contribution in [-0.4, -0.2) is 36.9 Å². The van der Waals surface area contributed by atoms with Gasteiger partial charge in [0.05, 0.1) is 23.5 Å². The van der Waals surface area contributed by atoms with Gasteiger partial charge < -0.3 is 20.5 Å². The van der Waals surface area contributed by atoms with Crippen molar-refractivity contribution in [3.63, 3.8) is 0 Å². The van der Waals surface area contributed by atoms with Crippen molar-refractivity contribution in [2.45, 2.75) is 38.6 Å². The van der Waals surface area contributed by atoms with Gasteiger partial charge in [0.2, 0.25) is 0 Å². The second-order valence-corrected chi connectivity index (χ2v) is 5.35. The van der Waals surface area contributed by atoms with Gasteiger partial charge in [-0.3, -0.25) is 0 Å². The van der Waals surface area contributed by atoms with Crippen molar-refractivity contribution >= 4 is 17.3 Å². The molecular formula is C16H24N2O3. The van der Waals surface area contributed by atoms with Crippen LogP contribution in [0.3, 0.4) is 0 Å². The van der Waals surface area contributed by atoms with Crippen LogP contribution in [0.15, 0.2) is 18.2 Å². The highest BCUT2D eigenvalue weighted by Gasteiger charge is 2.25. The summed E-state index contributed by atoms with van der Waals surface area (Å²) in [4.78, 5) is 14.0. The lowest BCUT2D eigenvalue weighted by atomic mass is 10.1. The number of carbonyl (C=O) groups excluding carboxylic acids is 1. The van der Waals surface area contributed by atoms with Gasteiger partial charge in [-0.15, -0.1) is 0 Å². The predicted octanol–water partition coefficient (Wildman–Crippen LogP) is 2.19. The Labute approximate surface area is 125 Å². The second-order valence-electron chi connectivity index (χ2n) is 5.35. The fourth-order valence-electron chi connectivity index (χ4n) is 2.94. The molecule has 1 aliphatic rings. The van der Waals surface area contributed by atoms with E-state index in [1.165, 1.54) is 0 Å². The highest BCUT2D eigenvalue weighted by molar-refractivity contribution is 5.92. The molecule has 0 spiro atoms. The Balaban J connectivity index is 2.14.